The Kier molecular flexibility index (Phi) is 8.66. The average molecular weight is 604 g/mol. The number of anilines is 1. The van der Waals surface area contributed by atoms with Crippen LogP contribution in [0.25, 0.3) is 0 Å². The summed E-state index contributed by atoms with van der Waals surface area (Å²) in [5.41, 5.74) is 1.80. The molecule has 0 bridgehead atoms. The van der Waals surface area contributed by atoms with Crippen LogP contribution in [0, 0.1) is 22.6 Å². The summed E-state index contributed by atoms with van der Waals surface area (Å²) in [5.74, 6) is -0.198. The first-order chi connectivity index (χ1) is 20.4. The Morgan fingerprint density at radius 2 is 1.74 bits per heavy atom. The van der Waals surface area contributed by atoms with Crippen LogP contribution >= 0.6 is 11.6 Å². The number of carbonyl (C=O) groups is 2. The van der Waals surface area contributed by atoms with E-state index in [0.29, 0.717) is 55.2 Å². The van der Waals surface area contributed by atoms with Crippen LogP contribution < -0.4 is 9.64 Å². The molecule has 3 aromatic rings. The molecule has 0 radical (unpaired) electrons. The molecule has 1 fully saturated rings. The third-order valence-corrected chi connectivity index (χ3v) is 8.24. The van der Waals surface area contributed by atoms with E-state index >= 15 is 0 Å². The molecule has 0 spiro atoms. The first-order valence-electron chi connectivity index (χ1n) is 14.4. The van der Waals surface area contributed by atoms with Gasteiger partial charge in [0.15, 0.2) is 6.10 Å². The molecule has 1 atom stereocenters. The lowest BCUT2D eigenvalue weighted by Crippen LogP contribution is -2.54. The summed E-state index contributed by atoms with van der Waals surface area (Å²) in [6.07, 6.45) is 0.430. The summed E-state index contributed by atoms with van der Waals surface area (Å²) >= 11 is 6.69. The van der Waals surface area contributed by atoms with Gasteiger partial charge in [0, 0.05) is 18.1 Å². The van der Waals surface area contributed by atoms with E-state index < -0.39 is 23.2 Å². The fourth-order valence-electron chi connectivity index (χ4n) is 5.59. The maximum Gasteiger partial charge on any atom is 0.415 e. The van der Waals surface area contributed by atoms with E-state index in [1.165, 1.54) is 17.0 Å². The molecule has 2 amide bonds. The van der Waals surface area contributed by atoms with Gasteiger partial charge in [0.1, 0.15) is 17.2 Å². The normalized spacial score (nSPS) is 17.8. The summed E-state index contributed by atoms with van der Waals surface area (Å²) in [6.45, 7) is 6.05. The molecule has 2 aliphatic heterocycles. The minimum Gasteiger partial charge on any atom is -0.476 e. The molecule has 224 valence electrons. The third kappa shape index (κ3) is 7.11. The highest BCUT2D eigenvalue weighted by Crippen LogP contribution is 2.40. The van der Waals surface area contributed by atoms with E-state index in [2.05, 4.69) is 6.07 Å². The van der Waals surface area contributed by atoms with Crippen molar-refractivity contribution in [1.29, 1.82) is 5.26 Å². The standard InChI is InChI=1S/C34H35ClFN3O4/c1-33(2,3)43-32(41)39-21-30(42-29-18-25(27(35)19-28(29)39)17-23-7-5-4-6-8-23)31(40)38-15-13-34(22-37,14-16-38)20-24-9-11-26(36)12-10-24/h4-12,18-19,30H,13-17,20-21H2,1-3H3. The first kappa shape index (κ1) is 30.4. The molecular formula is C34H35ClFN3O4. The molecule has 0 N–H and O–H groups in total. The predicted molar refractivity (Wildman–Crippen MR) is 163 cm³/mol. The maximum atomic E-state index is 13.8. The van der Waals surface area contributed by atoms with Crippen molar-refractivity contribution >= 4 is 29.3 Å². The zero-order chi connectivity index (χ0) is 30.8. The minimum atomic E-state index is -0.961. The number of carbonyl (C=O) groups excluding carboxylic acids is 2. The number of rotatable bonds is 5. The highest BCUT2D eigenvalue weighted by molar-refractivity contribution is 6.32. The van der Waals surface area contributed by atoms with E-state index in [-0.39, 0.29) is 18.3 Å². The van der Waals surface area contributed by atoms with Crippen LogP contribution in [-0.4, -0.2) is 48.2 Å². The monoisotopic (exact) mass is 603 g/mol. The molecule has 3 aromatic carbocycles. The Morgan fingerprint density at radius 1 is 1.07 bits per heavy atom. The summed E-state index contributed by atoms with van der Waals surface area (Å²) in [7, 11) is 0. The number of nitrogens with zero attached hydrogens (tertiary/aromatic N) is 3. The van der Waals surface area contributed by atoms with Gasteiger partial charge in [-0.2, -0.15) is 5.26 Å². The highest BCUT2D eigenvalue weighted by atomic mass is 35.5. The van der Waals surface area contributed by atoms with Gasteiger partial charge in [0.25, 0.3) is 5.91 Å². The number of nitriles is 1. The van der Waals surface area contributed by atoms with Crippen molar-refractivity contribution in [2.45, 2.75) is 58.2 Å². The molecule has 1 saturated heterocycles. The van der Waals surface area contributed by atoms with E-state index in [9.17, 15) is 19.2 Å². The number of ether oxygens (including phenoxy) is 2. The molecule has 0 saturated carbocycles. The van der Waals surface area contributed by atoms with Gasteiger partial charge in [-0.3, -0.25) is 9.69 Å². The quantitative estimate of drug-likeness (QED) is 0.315. The van der Waals surface area contributed by atoms with Crippen LogP contribution in [0.3, 0.4) is 0 Å². The van der Waals surface area contributed by atoms with Crippen molar-refractivity contribution in [3.8, 4) is 11.8 Å². The Labute approximate surface area is 256 Å². The van der Waals surface area contributed by atoms with Crippen molar-refractivity contribution in [2.24, 2.45) is 5.41 Å². The third-order valence-electron chi connectivity index (χ3n) is 7.89. The molecule has 0 aliphatic carbocycles. The molecule has 7 nitrogen and oxygen atoms in total. The fraction of sp³-hybridized carbons (Fsp3) is 0.382. The van der Waals surface area contributed by atoms with Gasteiger partial charge in [-0.25, -0.2) is 9.18 Å². The van der Waals surface area contributed by atoms with Crippen molar-refractivity contribution in [3.05, 3.63) is 94.3 Å². The molecule has 43 heavy (non-hydrogen) atoms. The summed E-state index contributed by atoms with van der Waals surface area (Å²) < 4.78 is 25.3. The van der Waals surface area contributed by atoms with E-state index in [0.717, 1.165) is 16.7 Å². The van der Waals surface area contributed by atoms with Gasteiger partial charge in [-0.15, -0.1) is 0 Å². The van der Waals surface area contributed by atoms with Crippen molar-refractivity contribution < 1.29 is 23.5 Å². The van der Waals surface area contributed by atoms with Crippen LogP contribution in [0.4, 0.5) is 14.9 Å². The second-order valence-electron chi connectivity index (χ2n) is 12.3. The van der Waals surface area contributed by atoms with Crippen molar-refractivity contribution in [3.63, 3.8) is 0 Å². The zero-order valence-electron chi connectivity index (χ0n) is 24.6. The molecule has 0 aromatic heterocycles. The largest absolute Gasteiger partial charge is 0.476 e. The number of amides is 2. The molecule has 2 heterocycles. The molecule has 2 aliphatic rings. The van der Waals surface area contributed by atoms with Crippen molar-refractivity contribution in [2.75, 3.05) is 24.5 Å². The summed E-state index contributed by atoms with van der Waals surface area (Å²) in [4.78, 5) is 30.3. The number of hydrogen-bond donors (Lipinski definition) is 0. The van der Waals surface area contributed by atoms with Gasteiger partial charge in [-0.1, -0.05) is 54.1 Å². The van der Waals surface area contributed by atoms with Gasteiger partial charge in [0.2, 0.25) is 0 Å². The molecule has 5 rings (SSSR count). The second-order valence-corrected chi connectivity index (χ2v) is 12.7. The van der Waals surface area contributed by atoms with Gasteiger partial charge < -0.3 is 14.4 Å². The van der Waals surface area contributed by atoms with Crippen LogP contribution in [0.2, 0.25) is 5.02 Å². The number of hydrogen-bond acceptors (Lipinski definition) is 5. The van der Waals surface area contributed by atoms with Gasteiger partial charge in [-0.05, 0) is 87.4 Å². The lowest BCUT2D eigenvalue weighted by molar-refractivity contribution is -0.140. The molecule has 1 unspecified atom stereocenters. The number of fused-ring (bicyclic) bond motifs is 1. The zero-order valence-corrected chi connectivity index (χ0v) is 25.4. The molecule has 9 heteroatoms. The topological polar surface area (TPSA) is 82.9 Å². The van der Waals surface area contributed by atoms with Crippen LogP contribution in [0.5, 0.6) is 5.75 Å². The van der Waals surface area contributed by atoms with Crippen LogP contribution in [-0.2, 0) is 22.4 Å². The van der Waals surface area contributed by atoms with Gasteiger partial charge >= 0.3 is 6.09 Å². The lowest BCUT2D eigenvalue weighted by Gasteiger charge is -2.41. The minimum absolute atomic E-state index is 0.0371. The maximum absolute atomic E-state index is 13.8. The molecular weight excluding hydrogens is 569 g/mol. The van der Waals surface area contributed by atoms with Crippen LogP contribution in [0.15, 0.2) is 66.7 Å². The first-order valence-corrected chi connectivity index (χ1v) is 14.8. The summed E-state index contributed by atoms with van der Waals surface area (Å²) in [6, 6.07) is 22.0. The van der Waals surface area contributed by atoms with E-state index in [1.54, 1.807) is 49.9 Å². The summed E-state index contributed by atoms with van der Waals surface area (Å²) in [5, 5.41) is 10.5. The van der Waals surface area contributed by atoms with E-state index in [4.69, 9.17) is 21.1 Å². The smallest absolute Gasteiger partial charge is 0.415 e. The Hall–Kier alpha value is -4.09. The fourth-order valence-corrected chi connectivity index (χ4v) is 5.82. The number of likely N-dealkylation sites (tertiary alicyclic amines) is 1. The average Bonchev–Trinajstić information content (AvgIpc) is 2.98. The van der Waals surface area contributed by atoms with E-state index in [1.807, 2.05) is 30.3 Å². The Balaban J connectivity index is 1.36. The number of benzene rings is 3. The highest BCUT2D eigenvalue weighted by Gasteiger charge is 2.42. The second kappa shape index (κ2) is 12.3. The predicted octanol–water partition coefficient (Wildman–Crippen LogP) is 6.95. The number of halogens is 2. The Bertz CT molecular complexity index is 1520. The van der Waals surface area contributed by atoms with Crippen molar-refractivity contribution in [1.82, 2.24) is 4.90 Å². The number of piperidine rings is 1. The SMILES string of the molecule is CC(C)(C)OC(=O)N1CC(C(=O)N2CCC(C#N)(Cc3ccc(F)cc3)CC2)Oc2cc(Cc3ccccc3)c(Cl)cc21. The lowest BCUT2D eigenvalue weighted by atomic mass is 9.75. The Morgan fingerprint density at radius 3 is 2.37 bits per heavy atom. The van der Waals surface area contributed by atoms with Crippen LogP contribution in [0.1, 0.15) is 50.3 Å². The van der Waals surface area contributed by atoms with Gasteiger partial charge in [0.05, 0.1) is 23.7 Å².